The van der Waals surface area contributed by atoms with Crippen LogP contribution in [0.1, 0.15) is 62.3 Å². The lowest BCUT2D eigenvalue weighted by Crippen LogP contribution is -1.71. The molecule has 0 aliphatic rings. The third-order valence-electron chi connectivity index (χ3n) is 0.397. The highest BCUT2D eigenvalue weighted by molar-refractivity contribution is 14.1. The molecule has 0 fully saturated rings. The van der Waals surface area contributed by atoms with E-state index in [-0.39, 0.29) is 0 Å². The number of rotatable bonds is 0. The molecule has 112 valence electrons. The van der Waals surface area contributed by atoms with Crippen LogP contribution in [0.25, 0.3) is 0 Å². The summed E-state index contributed by atoms with van der Waals surface area (Å²) in [6.45, 7) is 17.8. The second kappa shape index (κ2) is 134. The summed E-state index contributed by atoms with van der Waals surface area (Å²) in [5.41, 5.74) is 9.77. The Kier molecular flexibility index (Phi) is 268. The molecule has 0 rings (SSSR count). The number of hydrogen-bond acceptors (Lipinski definition) is 2. The van der Waals surface area contributed by atoms with Gasteiger partial charge in [0, 0.05) is 12.3 Å². The lowest BCUT2D eigenvalue weighted by Gasteiger charge is -1.58. The molecule has 0 atom stereocenters. The minimum Gasteiger partial charge on any atom is -0.404 e. The normalized spacial score (nSPS) is 5.89. The fourth-order valence-electron chi connectivity index (χ4n) is 0.131. The van der Waals surface area contributed by atoms with Crippen molar-refractivity contribution in [1.82, 2.24) is 0 Å². The molecule has 0 aliphatic carbocycles. The zero-order chi connectivity index (χ0) is 16.2. The van der Waals surface area contributed by atoms with E-state index in [1.807, 2.05) is 78.0 Å². The molecule has 0 unspecified atom stereocenters. The Morgan fingerprint density at radius 3 is 1.11 bits per heavy atom. The molecule has 0 saturated heterocycles. The first kappa shape index (κ1) is 36.0. The maximum atomic E-state index is 4.93. The van der Waals surface area contributed by atoms with Crippen LogP contribution in [-0.4, -0.2) is 0 Å². The smallest absolute Gasteiger partial charge is 0.00361 e. The molecule has 0 heterocycles. The summed E-state index contributed by atoms with van der Waals surface area (Å²) in [7, 11) is 0. The van der Waals surface area contributed by atoms with Crippen LogP contribution in [0.4, 0.5) is 0 Å². The van der Waals surface area contributed by atoms with Crippen LogP contribution in [0.2, 0.25) is 0 Å². The Balaban J connectivity index is -0.0000000264. The minimum atomic E-state index is 1.41. The van der Waals surface area contributed by atoms with Crippen molar-refractivity contribution in [2.24, 2.45) is 11.5 Å². The summed E-state index contributed by atoms with van der Waals surface area (Å²) < 4.78 is 1.75. The van der Waals surface area contributed by atoms with Gasteiger partial charge in [-0.3, -0.25) is 0 Å². The van der Waals surface area contributed by atoms with E-state index < -0.39 is 0 Å². The van der Waals surface area contributed by atoms with Crippen molar-refractivity contribution in [1.29, 1.82) is 0 Å². The van der Waals surface area contributed by atoms with Gasteiger partial charge in [-0.1, -0.05) is 83.9 Å². The number of halogens is 1. The molecule has 0 aliphatic heterocycles. The zero-order valence-corrected chi connectivity index (χ0v) is 16.0. The van der Waals surface area contributed by atoms with Crippen LogP contribution < -0.4 is 11.5 Å². The van der Waals surface area contributed by atoms with E-state index in [0.717, 1.165) is 0 Å². The summed E-state index contributed by atoms with van der Waals surface area (Å²) in [6.07, 6.45) is 4.50. The SMILES string of the molecule is CC.CC.CC.CC.CC#C/C=C\N.N/C=C\I. The van der Waals surface area contributed by atoms with E-state index in [0.29, 0.717) is 0 Å². The van der Waals surface area contributed by atoms with Crippen molar-refractivity contribution in [2.75, 3.05) is 0 Å². The summed E-state index contributed by atoms with van der Waals surface area (Å²) in [5, 5.41) is 0. The molecule has 0 amide bonds. The fraction of sp³-hybridized carbons (Fsp3) is 0.600. The maximum absolute atomic E-state index is 4.93. The van der Waals surface area contributed by atoms with Gasteiger partial charge in [-0.15, -0.1) is 5.92 Å². The molecule has 4 N–H and O–H groups in total. The first-order valence-electron chi connectivity index (χ1n) is 6.59. The molecule has 3 heteroatoms. The highest BCUT2D eigenvalue weighted by Gasteiger charge is 1.45. The Morgan fingerprint density at radius 1 is 0.778 bits per heavy atom. The molecular weight excluding hydrogens is 335 g/mol. The molecule has 0 saturated carbocycles. The van der Waals surface area contributed by atoms with Crippen molar-refractivity contribution < 1.29 is 0 Å². The van der Waals surface area contributed by atoms with Crippen LogP contribution in [0.5, 0.6) is 0 Å². The first-order chi connectivity index (χ1) is 8.83. The third kappa shape index (κ3) is 279. The maximum Gasteiger partial charge on any atom is 0.00361 e. The molecular formula is C15H35IN2. The van der Waals surface area contributed by atoms with Gasteiger partial charge in [-0.05, 0) is 17.2 Å². The second-order valence-corrected chi connectivity index (χ2v) is 1.79. The summed E-state index contributed by atoms with van der Waals surface area (Å²) in [5.74, 6) is 5.29. The summed E-state index contributed by atoms with van der Waals surface area (Å²) in [6, 6.07) is 0. The fourth-order valence-corrected chi connectivity index (χ4v) is 0.131. The van der Waals surface area contributed by atoms with Crippen molar-refractivity contribution >= 4 is 22.6 Å². The van der Waals surface area contributed by atoms with E-state index in [2.05, 4.69) is 11.8 Å². The molecule has 0 radical (unpaired) electrons. The Morgan fingerprint density at radius 2 is 1.06 bits per heavy atom. The van der Waals surface area contributed by atoms with E-state index in [4.69, 9.17) is 11.5 Å². The van der Waals surface area contributed by atoms with Crippen LogP contribution >= 0.6 is 22.6 Å². The van der Waals surface area contributed by atoms with Crippen molar-refractivity contribution in [3.8, 4) is 11.8 Å². The number of nitrogens with two attached hydrogens (primary N) is 2. The van der Waals surface area contributed by atoms with E-state index >= 15 is 0 Å². The Hall–Kier alpha value is -0.630. The van der Waals surface area contributed by atoms with Gasteiger partial charge in [-0.2, -0.15) is 0 Å². The largest absolute Gasteiger partial charge is 0.404 e. The van der Waals surface area contributed by atoms with Gasteiger partial charge >= 0.3 is 0 Å². The molecule has 18 heavy (non-hydrogen) atoms. The molecule has 0 aromatic heterocycles. The van der Waals surface area contributed by atoms with Crippen molar-refractivity contribution in [3.05, 3.63) is 22.6 Å². The van der Waals surface area contributed by atoms with E-state index in [9.17, 15) is 0 Å². The first-order valence-corrected chi connectivity index (χ1v) is 7.84. The Labute approximate surface area is 130 Å². The van der Waals surface area contributed by atoms with Crippen LogP contribution in [0, 0.1) is 11.8 Å². The summed E-state index contributed by atoms with van der Waals surface area (Å²) in [4.78, 5) is 0. The topological polar surface area (TPSA) is 52.0 Å². The Bertz CT molecular complexity index is 150. The number of allylic oxidation sites excluding steroid dienone is 1. The minimum absolute atomic E-state index is 1.41. The predicted molar refractivity (Wildman–Crippen MR) is 99.5 cm³/mol. The van der Waals surface area contributed by atoms with E-state index in [1.165, 1.54) is 12.4 Å². The monoisotopic (exact) mass is 370 g/mol. The third-order valence-corrected chi connectivity index (χ3v) is 0.812. The zero-order valence-electron chi connectivity index (χ0n) is 13.8. The van der Waals surface area contributed by atoms with Gasteiger partial charge in [0.1, 0.15) is 0 Å². The molecule has 2 nitrogen and oxygen atoms in total. The van der Waals surface area contributed by atoms with Crippen molar-refractivity contribution in [3.63, 3.8) is 0 Å². The van der Waals surface area contributed by atoms with Crippen molar-refractivity contribution in [2.45, 2.75) is 62.3 Å². The van der Waals surface area contributed by atoms with Gasteiger partial charge in [0.15, 0.2) is 0 Å². The van der Waals surface area contributed by atoms with Gasteiger partial charge in [0.25, 0.3) is 0 Å². The molecule has 0 aromatic carbocycles. The average Bonchev–Trinajstić information content (AvgIpc) is 2.53. The van der Waals surface area contributed by atoms with Gasteiger partial charge in [0.2, 0.25) is 0 Å². The van der Waals surface area contributed by atoms with Crippen LogP contribution in [-0.2, 0) is 0 Å². The standard InChI is InChI=1S/C5H7N.C2H4IN.4C2H6/c1-2-3-4-5-6;3-1-2-4;4*1-2/h4-5H,6H2,1H3;1-2H,4H2;4*1-2H3/b5-4-;2-1-;;;;. The highest BCUT2D eigenvalue weighted by Crippen LogP contribution is 1.74. The van der Waals surface area contributed by atoms with Gasteiger partial charge in [-0.25, -0.2) is 0 Å². The lowest BCUT2D eigenvalue weighted by atomic mass is 10.6. The number of hydrogen-bond donors (Lipinski definition) is 2. The van der Waals surface area contributed by atoms with E-state index in [1.54, 1.807) is 17.1 Å². The quantitative estimate of drug-likeness (QED) is 0.441. The molecule has 0 aromatic rings. The summed E-state index contributed by atoms with van der Waals surface area (Å²) >= 11 is 2.05. The second-order valence-electron chi connectivity index (χ2n) is 1.07. The van der Waals surface area contributed by atoms with Crippen LogP contribution in [0.15, 0.2) is 22.6 Å². The van der Waals surface area contributed by atoms with Gasteiger partial charge in [0.05, 0.1) is 0 Å². The average molecular weight is 370 g/mol. The predicted octanol–water partition coefficient (Wildman–Crippen LogP) is 5.44. The molecule has 0 spiro atoms. The lowest BCUT2D eigenvalue weighted by molar-refractivity contribution is 1.50. The van der Waals surface area contributed by atoms with Gasteiger partial charge < -0.3 is 11.5 Å². The highest BCUT2D eigenvalue weighted by atomic mass is 127. The van der Waals surface area contributed by atoms with Crippen LogP contribution in [0.3, 0.4) is 0 Å². The molecule has 0 bridgehead atoms.